The number of nitrogens with zero attached hydrogens (tertiary/aromatic N) is 1. The fourth-order valence-corrected chi connectivity index (χ4v) is 2.27. The smallest absolute Gasteiger partial charge is 0.325 e. The van der Waals surface area contributed by atoms with Gasteiger partial charge in [-0.3, -0.25) is 9.59 Å². The highest BCUT2D eigenvalue weighted by molar-refractivity contribution is 5.83. The third-order valence-corrected chi connectivity index (χ3v) is 3.49. The molecule has 0 aliphatic rings. The Kier molecular flexibility index (Phi) is 7.51. The zero-order valence-corrected chi connectivity index (χ0v) is 13.2. The third kappa shape index (κ3) is 5.58. The quantitative estimate of drug-likeness (QED) is 0.692. The Bertz CT molecular complexity index is 441. The van der Waals surface area contributed by atoms with Gasteiger partial charge in [0.25, 0.3) is 0 Å². The first-order valence-corrected chi connectivity index (χ1v) is 7.60. The van der Waals surface area contributed by atoms with Crippen LogP contribution in [0.3, 0.4) is 0 Å². The molecule has 0 fully saturated rings. The van der Waals surface area contributed by atoms with E-state index in [1.807, 2.05) is 44.2 Å². The third-order valence-electron chi connectivity index (χ3n) is 3.49. The Labute approximate surface area is 127 Å². The van der Waals surface area contributed by atoms with E-state index in [1.54, 1.807) is 11.8 Å². The zero-order valence-electron chi connectivity index (χ0n) is 13.2. The molecule has 0 saturated carbocycles. The van der Waals surface area contributed by atoms with Gasteiger partial charge in [-0.25, -0.2) is 0 Å². The molecule has 1 rings (SSSR count). The molecule has 0 radical (unpaired) electrons. The topological polar surface area (TPSA) is 46.6 Å². The van der Waals surface area contributed by atoms with Crippen molar-refractivity contribution in [3.63, 3.8) is 0 Å². The Morgan fingerprint density at radius 1 is 1.10 bits per heavy atom. The lowest BCUT2D eigenvalue weighted by atomic mass is 10.0. The van der Waals surface area contributed by atoms with Crippen molar-refractivity contribution in [2.24, 2.45) is 5.92 Å². The summed E-state index contributed by atoms with van der Waals surface area (Å²) in [6.07, 6.45) is 1.56. The van der Waals surface area contributed by atoms with Crippen molar-refractivity contribution in [2.45, 2.75) is 40.2 Å². The minimum Gasteiger partial charge on any atom is -0.465 e. The summed E-state index contributed by atoms with van der Waals surface area (Å²) in [4.78, 5) is 25.9. The predicted octanol–water partition coefficient (Wildman–Crippen LogP) is 3.01. The molecule has 4 nitrogen and oxygen atoms in total. The number of amides is 1. The van der Waals surface area contributed by atoms with Crippen LogP contribution in [0.2, 0.25) is 0 Å². The fraction of sp³-hybridized carbons (Fsp3) is 0.529. The summed E-state index contributed by atoms with van der Waals surface area (Å²) in [5, 5.41) is 0. The number of ether oxygens (including phenoxy) is 1. The minimum absolute atomic E-state index is 0.0120. The van der Waals surface area contributed by atoms with Gasteiger partial charge in [0, 0.05) is 12.5 Å². The Morgan fingerprint density at radius 3 is 2.24 bits per heavy atom. The van der Waals surface area contributed by atoms with Crippen LogP contribution >= 0.6 is 0 Å². The zero-order chi connectivity index (χ0) is 15.7. The summed E-state index contributed by atoms with van der Waals surface area (Å²) < 4.78 is 4.97. The maximum Gasteiger partial charge on any atom is 0.325 e. The highest BCUT2D eigenvalue weighted by Crippen LogP contribution is 2.15. The van der Waals surface area contributed by atoms with Gasteiger partial charge in [0.15, 0.2) is 0 Å². The van der Waals surface area contributed by atoms with E-state index >= 15 is 0 Å². The summed E-state index contributed by atoms with van der Waals surface area (Å²) in [5.41, 5.74) is 1.01. The van der Waals surface area contributed by atoms with Crippen LogP contribution in [-0.2, 0) is 20.9 Å². The molecule has 0 unspecified atom stereocenters. The molecule has 0 aliphatic heterocycles. The number of carbonyl (C=O) groups is 2. The first kappa shape index (κ1) is 17.2. The Hall–Kier alpha value is -1.84. The summed E-state index contributed by atoms with van der Waals surface area (Å²) in [7, 11) is 0. The normalized spacial score (nSPS) is 10.5. The standard InChI is InChI=1S/C17H25NO3/c1-4-15(5-2)17(20)18(13-16(19)21-6-3)12-14-10-8-7-9-11-14/h7-11,15H,4-6,12-13H2,1-3H3. The van der Waals surface area contributed by atoms with Gasteiger partial charge in [0.2, 0.25) is 5.91 Å². The molecular formula is C17H25NO3. The van der Waals surface area contributed by atoms with Gasteiger partial charge in [0.05, 0.1) is 6.61 Å². The molecule has 1 amide bonds. The molecule has 1 aromatic rings. The second-order valence-corrected chi connectivity index (χ2v) is 5.00. The number of rotatable bonds is 8. The van der Waals surface area contributed by atoms with Crippen molar-refractivity contribution in [3.8, 4) is 0 Å². The summed E-state index contributed by atoms with van der Waals surface area (Å²) in [5.74, 6) is -0.368. The van der Waals surface area contributed by atoms with Crippen molar-refractivity contribution in [2.75, 3.05) is 13.2 Å². The Morgan fingerprint density at radius 2 is 1.71 bits per heavy atom. The molecule has 0 spiro atoms. The second kappa shape index (κ2) is 9.16. The van der Waals surface area contributed by atoms with Gasteiger partial charge in [-0.1, -0.05) is 44.2 Å². The number of esters is 1. The number of carbonyl (C=O) groups excluding carboxylic acids is 2. The first-order chi connectivity index (χ1) is 10.1. The van der Waals surface area contributed by atoms with E-state index < -0.39 is 0 Å². The molecule has 0 heterocycles. The lowest BCUT2D eigenvalue weighted by Gasteiger charge is -2.25. The average molecular weight is 291 g/mol. The highest BCUT2D eigenvalue weighted by Gasteiger charge is 2.24. The average Bonchev–Trinajstić information content (AvgIpc) is 2.49. The van der Waals surface area contributed by atoms with E-state index in [9.17, 15) is 9.59 Å². The van der Waals surface area contributed by atoms with E-state index in [2.05, 4.69) is 0 Å². The molecule has 0 atom stereocenters. The molecule has 0 saturated heterocycles. The largest absolute Gasteiger partial charge is 0.465 e. The van der Waals surface area contributed by atoms with Crippen LogP contribution < -0.4 is 0 Å². The molecule has 0 aromatic heterocycles. The van der Waals surface area contributed by atoms with Crippen LogP contribution in [0.1, 0.15) is 39.2 Å². The lowest BCUT2D eigenvalue weighted by Crippen LogP contribution is -2.39. The van der Waals surface area contributed by atoms with Gasteiger partial charge in [-0.05, 0) is 25.3 Å². The first-order valence-electron chi connectivity index (χ1n) is 7.60. The van der Waals surface area contributed by atoms with E-state index in [-0.39, 0.29) is 24.3 Å². The van der Waals surface area contributed by atoms with Gasteiger partial charge >= 0.3 is 5.97 Å². The SMILES string of the molecule is CCOC(=O)CN(Cc1ccccc1)C(=O)C(CC)CC. The molecule has 4 heteroatoms. The molecule has 21 heavy (non-hydrogen) atoms. The van der Waals surface area contributed by atoms with Gasteiger partial charge in [-0.2, -0.15) is 0 Å². The van der Waals surface area contributed by atoms with Crippen LogP contribution in [-0.4, -0.2) is 29.9 Å². The van der Waals surface area contributed by atoms with Crippen molar-refractivity contribution in [3.05, 3.63) is 35.9 Å². The molecule has 0 bridgehead atoms. The van der Waals surface area contributed by atoms with Crippen molar-refractivity contribution >= 4 is 11.9 Å². The predicted molar refractivity (Wildman–Crippen MR) is 82.6 cm³/mol. The van der Waals surface area contributed by atoms with Crippen molar-refractivity contribution < 1.29 is 14.3 Å². The van der Waals surface area contributed by atoms with Gasteiger partial charge in [0.1, 0.15) is 6.54 Å². The van der Waals surface area contributed by atoms with E-state index in [4.69, 9.17) is 4.74 Å². The summed E-state index contributed by atoms with van der Waals surface area (Å²) in [6, 6.07) is 9.71. The molecule has 0 aliphatic carbocycles. The fourth-order valence-electron chi connectivity index (χ4n) is 2.27. The van der Waals surface area contributed by atoms with E-state index in [1.165, 1.54) is 0 Å². The van der Waals surface area contributed by atoms with Crippen molar-refractivity contribution in [1.29, 1.82) is 0 Å². The molecular weight excluding hydrogens is 266 g/mol. The summed E-state index contributed by atoms with van der Waals surface area (Å²) >= 11 is 0. The van der Waals surface area contributed by atoms with E-state index in [0.717, 1.165) is 18.4 Å². The molecule has 1 aromatic carbocycles. The van der Waals surface area contributed by atoms with Crippen molar-refractivity contribution in [1.82, 2.24) is 4.90 Å². The number of hydrogen-bond donors (Lipinski definition) is 0. The number of hydrogen-bond acceptors (Lipinski definition) is 3. The number of benzene rings is 1. The molecule has 0 N–H and O–H groups in total. The lowest BCUT2D eigenvalue weighted by molar-refractivity contribution is -0.150. The maximum atomic E-state index is 12.6. The second-order valence-electron chi connectivity index (χ2n) is 5.00. The molecule has 116 valence electrons. The van der Waals surface area contributed by atoms with Crippen LogP contribution in [0.5, 0.6) is 0 Å². The highest BCUT2D eigenvalue weighted by atomic mass is 16.5. The summed E-state index contributed by atoms with van der Waals surface area (Å²) in [6.45, 7) is 6.54. The van der Waals surface area contributed by atoms with Crippen LogP contribution in [0.15, 0.2) is 30.3 Å². The van der Waals surface area contributed by atoms with Gasteiger partial charge < -0.3 is 9.64 Å². The monoisotopic (exact) mass is 291 g/mol. The minimum atomic E-state index is -0.354. The van der Waals surface area contributed by atoms with Crippen LogP contribution in [0.25, 0.3) is 0 Å². The maximum absolute atomic E-state index is 12.6. The van der Waals surface area contributed by atoms with Crippen LogP contribution in [0.4, 0.5) is 0 Å². The van der Waals surface area contributed by atoms with Gasteiger partial charge in [-0.15, -0.1) is 0 Å². The Balaban J connectivity index is 2.83. The van der Waals surface area contributed by atoms with E-state index in [0.29, 0.717) is 13.2 Å². The van der Waals surface area contributed by atoms with Crippen LogP contribution in [0, 0.1) is 5.92 Å².